The van der Waals surface area contributed by atoms with E-state index >= 15 is 0 Å². The number of carbonyl (C=O) groups is 1. The average molecular weight is 289 g/mol. The maximum atomic E-state index is 11.6. The lowest BCUT2D eigenvalue weighted by molar-refractivity contribution is -0.110. The first-order chi connectivity index (χ1) is 9.56. The number of aryl methyl sites for hydroxylation is 1. The highest BCUT2D eigenvalue weighted by Gasteiger charge is 2.28. The van der Waals surface area contributed by atoms with Crippen LogP contribution in [0.2, 0.25) is 5.02 Å². The monoisotopic (exact) mass is 288 g/mol. The van der Waals surface area contributed by atoms with Crippen LogP contribution in [0, 0.1) is 6.92 Å². The summed E-state index contributed by atoms with van der Waals surface area (Å²) >= 11 is 5.88. The van der Waals surface area contributed by atoms with Crippen molar-refractivity contribution < 1.29 is 4.79 Å². The molecule has 2 aromatic carbocycles. The van der Waals surface area contributed by atoms with E-state index < -0.39 is 5.41 Å². The van der Waals surface area contributed by atoms with Gasteiger partial charge in [0.05, 0.1) is 5.41 Å². The lowest BCUT2D eigenvalue weighted by Gasteiger charge is -2.24. The van der Waals surface area contributed by atoms with Crippen molar-refractivity contribution >= 4 is 17.9 Å². The minimum absolute atomic E-state index is 0.627. The van der Waals surface area contributed by atoms with Gasteiger partial charge in [0.15, 0.2) is 0 Å². The average Bonchev–Trinajstić information content (AvgIpc) is 2.50. The van der Waals surface area contributed by atoms with Crippen LogP contribution >= 0.6 is 11.6 Å². The summed E-state index contributed by atoms with van der Waals surface area (Å²) in [4.78, 5) is 11.6. The number of rotatable bonds is 3. The fourth-order valence-electron chi connectivity index (χ4n) is 2.00. The van der Waals surface area contributed by atoms with E-state index in [0.29, 0.717) is 5.02 Å². The molecule has 0 aliphatic carbocycles. The highest BCUT2D eigenvalue weighted by atomic mass is 35.5. The Morgan fingerprint density at radius 2 is 1.30 bits per heavy atom. The predicted molar refractivity (Wildman–Crippen MR) is 86.5 cm³/mol. The molecule has 106 valence electrons. The second kappa shape index (κ2) is 7.25. The molecule has 0 spiro atoms. The van der Waals surface area contributed by atoms with Gasteiger partial charge in [-0.05, 0) is 37.1 Å². The van der Waals surface area contributed by atoms with Gasteiger partial charge in [0.1, 0.15) is 6.29 Å². The fourth-order valence-corrected chi connectivity index (χ4v) is 2.12. The molecule has 0 radical (unpaired) electrons. The van der Waals surface area contributed by atoms with Gasteiger partial charge in [-0.2, -0.15) is 0 Å². The van der Waals surface area contributed by atoms with Crippen LogP contribution in [0.25, 0.3) is 0 Å². The van der Waals surface area contributed by atoms with Gasteiger partial charge >= 0.3 is 0 Å². The van der Waals surface area contributed by atoms with Gasteiger partial charge < -0.3 is 4.79 Å². The minimum Gasteiger partial charge on any atom is -0.302 e. The minimum atomic E-state index is -0.627. The zero-order valence-electron chi connectivity index (χ0n) is 12.5. The van der Waals surface area contributed by atoms with Gasteiger partial charge in [-0.25, -0.2) is 0 Å². The first kappa shape index (κ1) is 16.5. The summed E-state index contributed by atoms with van der Waals surface area (Å²) < 4.78 is 0. The van der Waals surface area contributed by atoms with E-state index in [-0.39, 0.29) is 0 Å². The second-order valence-electron chi connectivity index (χ2n) is 4.69. The molecule has 1 atom stereocenters. The lowest BCUT2D eigenvalue weighted by atomic mass is 9.77. The molecule has 0 saturated carbocycles. The van der Waals surface area contributed by atoms with Gasteiger partial charge in [0.25, 0.3) is 0 Å². The van der Waals surface area contributed by atoms with Crippen molar-refractivity contribution in [3.05, 3.63) is 70.2 Å². The molecule has 0 bridgehead atoms. The van der Waals surface area contributed by atoms with Gasteiger partial charge in [0.2, 0.25) is 0 Å². The van der Waals surface area contributed by atoms with E-state index in [9.17, 15) is 4.79 Å². The standard InChI is InChI=1S/C16H15ClO.C2H6/c1-12-3-5-13(6-4-12)16(2,11-18)14-7-9-15(17)10-8-14;1-2/h3-11H,1-2H3;1-2H3. The third-order valence-corrected chi connectivity index (χ3v) is 3.58. The van der Waals surface area contributed by atoms with Gasteiger partial charge in [-0.3, -0.25) is 0 Å². The van der Waals surface area contributed by atoms with Crippen LogP contribution in [0.4, 0.5) is 0 Å². The molecule has 1 unspecified atom stereocenters. The predicted octanol–water partition coefficient (Wildman–Crippen LogP) is 5.18. The molecule has 1 nitrogen and oxygen atoms in total. The Morgan fingerprint density at radius 1 is 0.900 bits per heavy atom. The maximum Gasteiger partial charge on any atom is 0.134 e. The summed E-state index contributed by atoms with van der Waals surface area (Å²) in [7, 11) is 0. The molecule has 0 heterocycles. The van der Waals surface area contributed by atoms with Crippen LogP contribution in [0.5, 0.6) is 0 Å². The number of carbonyl (C=O) groups excluding carboxylic acids is 1. The summed E-state index contributed by atoms with van der Waals surface area (Å²) in [6.45, 7) is 7.96. The van der Waals surface area contributed by atoms with E-state index in [4.69, 9.17) is 11.6 Å². The molecule has 0 amide bonds. The molecule has 0 fully saturated rings. The third-order valence-electron chi connectivity index (χ3n) is 3.33. The summed E-state index contributed by atoms with van der Waals surface area (Å²) in [5.74, 6) is 0. The number of halogens is 1. The third kappa shape index (κ3) is 3.49. The zero-order chi connectivity index (χ0) is 15.2. The largest absolute Gasteiger partial charge is 0.302 e. The van der Waals surface area contributed by atoms with Crippen molar-refractivity contribution in [3.8, 4) is 0 Å². The van der Waals surface area contributed by atoms with Crippen LogP contribution in [0.15, 0.2) is 48.5 Å². The van der Waals surface area contributed by atoms with Gasteiger partial charge in [-0.15, -0.1) is 0 Å². The lowest BCUT2D eigenvalue weighted by Crippen LogP contribution is -2.25. The Kier molecular flexibility index (Phi) is 5.97. The molecule has 20 heavy (non-hydrogen) atoms. The Balaban J connectivity index is 0.000000956. The van der Waals surface area contributed by atoms with Crippen LogP contribution in [-0.2, 0) is 10.2 Å². The van der Waals surface area contributed by atoms with Crippen molar-refractivity contribution in [3.63, 3.8) is 0 Å². The Morgan fingerprint density at radius 3 is 1.70 bits per heavy atom. The van der Waals surface area contributed by atoms with Crippen molar-refractivity contribution in [2.24, 2.45) is 0 Å². The Hall–Kier alpha value is -1.60. The summed E-state index contributed by atoms with van der Waals surface area (Å²) in [6, 6.07) is 15.5. The van der Waals surface area contributed by atoms with Crippen molar-refractivity contribution in [1.82, 2.24) is 0 Å². The quantitative estimate of drug-likeness (QED) is 0.711. The van der Waals surface area contributed by atoms with E-state index in [2.05, 4.69) is 0 Å². The normalized spacial score (nSPS) is 12.8. The zero-order valence-corrected chi connectivity index (χ0v) is 13.2. The van der Waals surface area contributed by atoms with Crippen LogP contribution in [-0.4, -0.2) is 6.29 Å². The highest BCUT2D eigenvalue weighted by Crippen LogP contribution is 2.30. The molecule has 0 aromatic heterocycles. The molecule has 2 aromatic rings. The smallest absolute Gasteiger partial charge is 0.134 e. The number of hydrogen-bond acceptors (Lipinski definition) is 1. The van der Waals surface area contributed by atoms with Gasteiger partial charge in [0, 0.05) is 5.02 Å². The first-order valence-electron chi connectivity index (χ1n) is 6.86. The molecule has 0 aliphatic rings. The Labute approximate surface area is 126 Å². The molecule has 0 saturated heterocycles. The molecule has 0 aliphatic heterocycles. The van der Waals surface area contributed by atoms with E-state index in [1.807, 2.05) is 76.2 Å². The highest BCUT2D eigenvalue weighted by molar-refractivity contribution is 6.30. The van der Waals surface area contributed by atoms with Crippen LogP contribution in [0.3, 0.4) is 0 Å². The molecule has 2 heteroatoms. The maximum absolute atomic E-state index is 11.6. The second-order valence-corrected chi connectivity index (χ2v) is 5.13. The van der Waals surface area contributed by atoms with Crippen molar-refractivity contribution in [2.75, 3.05) is 0 Å². The van der Waals surface area contributed by atoms with E-state index in [0.717, 1.165) is 17.4 Å². The number of benzene rings is 2. The van der Waals surface area contributed by atoms with E-state index in [1.165, 1.54) is 5.56 Å². The Bertz CT molecular complexity index is 495. The summed E-state index contributed by atoms with van der Waals surface area (Å²) in [6.07, 6.45) is 0.987. The van der Waals surface area contributed by atoms with Crippen molar-refractivity contribution in [2.45, 2.75) is 33.1 Å². The topological polar surface area (TPSA) is 17.1 Å². The van der Waals surface area contributed by atoms with E-state index in [1.54, 1.807) is 0 Å². The number of hydrogen-bond donors (Lipinski definition) is 0. The van der Waals surface area contributed by atoms with Crippen molar-refractivity contribution in [1.29, 1.82) is 0 Å². The molecular formula is C18H21ClO. The molecular weight excluding hydrogens is 268 g/mol. The summed E-state index contributed by atoms with van der Waals surface area (Å²) in [5.41, 5.74) is 2.50. The first-order valence-corrected chi connectivity index (χ1v) is 7.23. The SMILES string of the molecule is CC.Cc1ccc(C(C)(C=O)c2ccc(Cl)cc2)cc1. The molecule has 2 rings (SSSR count). The summed E-state index contributed by atoms with van der Waals surface area (Å²) in [5, 5.41) is 0.677. The fraction of sp³-hybridized carbons (Fsp3) is 0.278. The molecule has 0 N–H and O–H groups in total. The van der Waals surface area contributed by atoms with Crippen LogP contribution < -0.4 is 0 Å². The van der Waals surface area contributed by atoms with Crippen LogP contribution in [0.1, 0.15) is 37.5 Å². The number of aldehydes is 1. The van der Waals surface area contributed by atoms with Gasteiger partial charge in [-0.1, -0.05) is 67.4 Å².